The largest absolute Gasteiger partial charge is 0.322 e. The molecule has 130 valence electrons. The van der Waals surface area contributed by atoms with Gasteiger partial charge in [0.1, 0.15) is 0 Å². The number of halogens is 2. The van der Waals surface area contributed by atoms with Gasteiger partial charge in [-0.25, -0.2) is 0 Å². The van der Waals surface area contributed by atoms with Crippen molar-refractivity contribution in [3.63, 3.8) is 0 Å². The number of carbonyl (C=O) groups excluding carboxylic acids is 2. The van der Waals surface area contributed by atoms with Crippen LogP contribution in [0.15, 0.2) is 72.8 Å². The molecule has 0 saturated carbocycles. The number of benzene rings is 3. The van der Waals surface area contributed by atoms with Crippen LogP contribution in [0.5, 0.6) is 0 Å². The highest BCUT2D eigenvalue weighted by molar-refractivity contribution is 6.44. The molecule has 0 aliphatic carbocycles. The normalized spacial score (nSPS) is 10.2. The predicted octanol–water partition coefficient (Wildman–Crippen LogP) is 5.50. The molecule has 4 nitrogen and oxygen atoms in total. The van der Waals surface area contributed by atoms with Crippen LogP contribution in [0.1, 0.15) is 20.7 Å². The fourth-order valence-electron chi connectivity index (χ4n) is 2.29. The number of anilines is 2. The molecule has 3 aromatic rings. The minimum absolute atomic E-state index is 0.249. The zero-order valence-corrected chi connectivity index (χ0v) is 15.0. The van der Waals surface area contributed by atoms with E-state index in [-0.39, 0.29) is 16.8 Å². The van der Waals surface area contributed by atoms with Gasteiger partial charge in [-0.1, -0.05) is 47.5 Å². The summed E-state index contributed by atoms with van der Waals surface area (Å²) in [5.74, 6) is -0.592. The average molecular weight is 385 g/mol. The van der Waals surface area contributed by atoms with Gasteiger partial charge < -0.3 is 10.6 Å². The van der Waals surface area contributed by atoms with Crippen LogP contribution in [0.4, 0.5) is 11.4 Å². The zero-order valence-electron chi connectivity index (χ0n) is 13.5. The van der Waals surface area contributed by atoms with E-state index in [0.717, 1.165) is 0 Å². The first-order chi connectivity index (χ1) is 12.5. The Hall–Kier alpha value is -2.82. The van der Waals surface area contributed by atoms with Crippen LogP contribution in [0.3, 0.4) is 0 Å². The molecule has 0 saturated heterocycles. The Bertz CT molecular complexity index is 942. The number of carbonyl (C=O) groups is 2. The van der Waals surface area contributed by atoms with Gasteiger partial charge in [-0.3, -0.25) is 9.59 Å². The number of nitrogens with one attached hydrogen (secondary N) is 2. The lowest BCUT2D eigenvalue weighted by molar-refractivity contribution is 0.101. The van der Waals surface area contributed by atoms with Crippen LogP contribution in [0, 0.1) is 0 Å². The van der Waals surface area contributed by atoms with Crippen LogP contribution in [0.25, 0.3) is 0 Å². The van der Waals surface area contributed by atoms with Crippen LogP contribution in [0.2, 0.25) is 10.0 Å². The second kappa shape index (κ2) is 8.04. The quantitative estimate of drug-likeness (QED) is 0.623. The summed E-state index contributed by atoms with van der Waals surface area (Å²) in [6.07, 6.45) is 0. The summed E-state index contributed by atoms with van der Waals surface area (Å²) in [4.78, 5) is 24.6. The van der Waals surface area contributed by atoms with Crippen LogP contribution >= 0.6 is 23.2 Å². The van der Waals surface area contributed by atoms with E-state index in [0.29, 0.717) is 27.5 Å². The molecule has 0 fully saturated rings. The molecular formula is C20H14Cl2N2O2. The zero-order chi connectivity index (χ0) is 18.5. The van der Waals surface area contributed by atoms with E-state index in [1.54, 1.807) is 54.6 Å². The molecule has 0 atom stereocenters. The molecule has 2 N–H and O–H groups in total. The second-order valence-corrected chi connectivity index (χ2v) is 6.24. The van der Waals surface area contributed by atoms with Gasteiger partial charge in [-0.15, -0.1) is 0 Å². The van der Waals surface area contributed by atoms with Crippen molar-refractivity contribution in [3.05, 3.63) is 94.0 Å². The number of para-hydroxylation sites is 1. The molecule has 0 radical (unpaired) electrons. The van der Waals surface area contributed by atoms with Crippen LogP contribution in [-0.4, -0.2) is 11.8 Å². The average Bonchev–Trinajstić information content (AvgIpc) is 2.66. The Kier molecular flexibility index (Phi) is 5.56. The molecule has 2 amide bonds. The first kappa shape index (κ1) is 18.0. The molecule has 0 unspecified atom stereocenters. The van der Waals surface area contributed by atoms with Gasteiger partial charge in [-0.05, 0) is 48.5 Å². The second-order valence-electron chi connectivity index (χ2n) is 5.45. The molecule has 0 aromatic heterocycles. The third-order valence-corrected chi connectivity index (χ3v) is 4.46. The van der Waals surface area contributed by atoms with Crippen molar-refractivity contribution in [2.24, 2.45) is 0 Å². The van der Waals surface area contributed by atoms with Gasteiger partial charge in [0.15, 0.2) is 0 Å². The number of amides is 2. The Labute approximate surface area is 160 Å². The minimum atomic E-state index is -0.343. The number of rotatable bonds is 4. The number of hydrogen-bond donors (Lipinski definition) is 2. The maximum absolute atomic E-state index is 12.3. The van der Waals surface area contributed by atoms with Gasteiger partial charge in [0.2, 0.25) is 0 Å². The van der Waals surface area contributed by atoms with Gasteiger partial charge in [0.05, 0.1) is 15.7 Å². The van der Waals surface area contributed by atoms with Crippen LogP contribution in [-0.2, 0) is 0 Å². The van der Waals surface area contributed by atoms with Gasteiger partial charge in [0, 0.05) is 16.8 Å². The van der Waals surface area contributed by atoms with Gasteiger partial charge in [0.25, 0.3) is 11.8 Å². The van der Waals surface area contributed by atoms with Gasteiger partial charge in [-0.2, -0.15) is 0 Å². The van der Waals surface area contributed by atoms with Gasteiger partial charge >= 0.3 is 0 Å². The molecule has 26 heavy (non-hydrogen) atoms. The highest BCUT2D eigenvalue weighted by atomic mass is 35.5. The number of hydrogen-bond acceptors (Lipinski definition) is 2. The van der Waals surface area contributed by atoms with Crippen molar-refractivity contribution in [1.82, 2.24) is 0 Å². The summed E-state index contributed by atoms with van der Waals surface area (Å²) < 4.78 is 0. The fraction of sp³-hybridized carbons (Fsp3) is 0. The lowest BCUT2D eigenvalue weighted by Gasteiger charge is -2.09. The summed E-state index contributed by atoms with van der Waals surface area (Å²) in [5.41, 5.74) is 1.98. The first-order valence-electron chi connectivity index (χ1n) is 7.76. The molecule has 0 aliphatic rings. The van der Waals surface area contributed by atoms with Crippen molar-refractivity contribution in [3.8, 4) is 0 Å². The van der Waals surface area contributed by atoms with Crippen molar-refractivity contribution >= 4 is 46.4 Å². The summed E-state index contributed by atoms with van der Waals surface area (Å²) in [7, 11) is 0. The summed E-state index contributed by atoms with van der Waals surface area (Å²) in [5, 5.41) is 6.13. The Morgan fingerprint density at radius 3 is 1.85 bits per heavy atom. The molecule has 0 heterocycles. The van der Waals surface area contributed by atoms with Crippen molar-refractivity contribution in [2.75, 3.05) is 10.6 Å². The van der Waals surface area contributed by atoms with Crippen molar-refractivity contribution < 1.29 is 9.59 Å². The van der Waals surface area contributed by atoms with E-state index in [2.05, 4.69) is 10.6 Å². The molecule has 3 aromatic carbocycles. The smallest absolute Gasteiger partial charge is 0.255 e. The molecule has 0 aliphatic heterocycles. The standard InChI is InChI=1S/C20H14Cl2N2O2/c21-16-7-4-8-17(18(16)22)24-20(26)14-11-9-13(10-12-14)19(25)23-15-5-2-1-3-6-15/h1-12H,(H,23,25)(H,24,26). The third-order valence-electron chi connectivity index (χ3n) is 3.64. The summed E-state index contributed by atoms with van der Waals surface area (Å²) in [6.45, 7) is 0. The van der Waals surface area contributed by atoms with E-state index in [1.807, 2.05) is 18.2 Å². The van der Waals surface area contributed by atoms with Crippen LogP contribution < -0.4 is 10.6 Å². The summed E-state index contributed by atoms with van der Waals surface area (Å²) >= 11 is 12.0. The third kappa shape index (κ3) is 4.23. The first-order valence-corrected chi connectivity index (χ1v) is 8.52. The lowest BCUT2D eigenvalue weighted by Crippen LogP contribution is -2.14. The Morgan fingerprint density at radius 1 is 0.654 bits per heavy atom. The molecular weight excluding hydrogens is 371 g/mol. The highest BCUT2D eigenvalue weighted by Gasteiger charge is 2.12. The molecule has 0 bridgehead atoms. The van der Waals surface area contributed by atoms with E-state index < -0.39 is 0 Å². The van der Waals surface area contributed by atoms with Crippen molar-refractivity contribution in [1.29, 1.82) is 0 Å². The maximum atomic E-state index is 12.3. The molecule has 0 spiro atoms. The highest BCUT2D eigenvalue weighted by Crippen LogP contribution is 2.29. The fourth-order valence-corrected chi connectivity index (χ4v) is 2.64. The van der Waals surface area contributed by atoms with Crippen molar-refractivity contribution in [2.45, 2.75) is 0 Å². The topological polar surface area (TPSA) is 58.2 Å². The molecule has 3 rings (SSSR count). The SMILES string of the molecule is O=C(Nc1ccccc1)c1ccc(C(=O)Nc2cccc(Cl)c2Cl)cc1. The maximum Gasteiger partial charge on any atom is 0.255 e. The Balaban J connectivity index is 1.69. The minimum Gasteiger partial charge on any atom is -0.322 e. The Morgan fingerprint density at radius 2 is 1.23 bits per heavy atom. The lowest BCUT2D eigenvalue weighted by atomic mass is 10.1. The van der Waals surface area contributed by atoms with E-state index in [4.69, 9.17) is 23.2 Å². The monoisotopic (exact) mass is 384 g/mol. The summed E-state index contributed by atoms with van der Waals surface area (Å²) in [6, 6.07) is 20.5. The van der Waals surface area contributed by atoms with E-state index in [9.17, 15) is 9.59 Å². The van der Waals surface area contributed by atoms with E-state index >= 15 is 0 Å². The molecule has 6 heteroatoms. The predicted molar refractivity (Wildman–Crippen MR) is 105 cm³/mol. The van der Waals surface area contributed by atoms with E-state index in [1.165, 1.54) is 0 Å².